The molecular weight excluding hydrogens is 364 g/mol. The van der Waals surface area contributed by atoms with E-state index in [0.29, 0.717) is 16.7 Å². The van der Waals surface area contributed by atoms with Crippen LogP contribution in [0.5, 0.6) is 0 Å². The number of hydrogen-bond donors (Lipinski definition) is 2. The largest absolute Gasteiger partial charge is 0.288 e. The van der Waals surface area contributed by atoms with Gasteiger partial charge in [0.25, 0.3) is 0 Å². The Morgan fingerprint density at radius 1 is 1.23 bits per heavy atom. The number of anilines is 1. The van der Waals surface area contributed by atoms with E-state index in [2.05, 4.69) is 13.8 Å². The second-order valence-electron chi connectivity index (χ2n) is 7.09. The number of halogens is 1. The van der Waals surface area contributed by atoms with Crippen molar-refractivity contribution in [1.82, 2.24) is 0 Å². The molecule has 0 unspecified atom stereocenters. The van der Waals surface area contributed by atoms with Crippen LogP contribution in [0.4, 0.5) is 5.00 Å². The molecule has 2 aliphatic rings. The van der Waals surface area contributed by atoms with Gasteiger partial charge in [-0.05, 0) is 57.7 Å². The number of benzene rings is 1. The number of amidine groups is 2. The molecule has 0 amide bonds. The molecule has 2 aromatic rings. The van der Waals surface area contributed by atoms with Gasteiger partial charge in [0.15, 0.2) is 0 Å². The Balaban J connectivity index is 2.03. The molecule has 1 fully saturated rings. The number of aliphatic imine (C=N–C) groups is 1. The fourth-order valence-corrected chi connectivity index (χ4v) is 5.02. The van der Waals surface area contributed by atoms with Crippen LogP contribution in [0, 0.1) is 24.7 Å². The van der Waals surface area contributed by atoms with Crippen LogP contribution < -0.4 is 4.90 Å². The molecule has 2 heterocycles. The van der Waals surface area contributed by atoms with Crippen molar-refractivity contribution in [2.75, 3.05) is 4.90 Å². The van der Waals surface area contributed by atoms with Gasteiger partial charge in [0.05, 0.1) is 5.71 Å². The highest BCUT2D eigenvalue weighted by Gasteiger charge is 2.47. The molecule has 1 saturated carbocycles. The highest BCUT2D eigenvalue weighted by molar-refractivity contribution is 7.17. The van der Waals surface area contributed by atoms with Crippen LogP contribution in [0.15, 0.2) is 29.3 Å². The number of aryl methyl sites for hydroxylation is 1. The normalized spacial score (nSPS) is 18.2. The summed E-state index contributed by atoms with van der Waals surface area (Å²) in [5.74, 6) is 0.805. The van der Waals surface area contributed by atoms with Crippen molar-refractivity contribution in [3.63, 3.8) is 0 Å². The van der Waals surface area contributed by atoms with Gasteiger partial charge in [-0.3, -0.25) is 20.7 Å². The molecule has 4 rings (SSSR count). The summed E-state index contributed by atoms with van der Waals surface area (Å²) in [5, 5.41) is 18.8. The third kappa shape index (κ3) is 2.45. The zero-order chi connectivity index (χ0) is 18.6. The van der Waals surface area contributed by atoms with E-state index in [1.807, 2.05) is 24.3 Å². The standard InChI is InChI=1S/C20H21ClN4S/c1-11-12(2)26-18-16(11)17(14-5-7-15(21)8-6-14)24-20(9-4-10-20)19(23)25(18)13(3)22/h5-8,22-23H,4,9-10H2,1-3H3. The number of hydrogen-bond acceptors (Lipinski definition) is 4. The lowest BCUT2D eigenvalue weighted by molar-refractivity contribution is 0.343. The lowest BCUT2D eigenvalue weighted by atomic mass is 9.75. The van der Waals surface area contributed by atoms with Crippen LogP contribution in [-0.2, 0) is 0 Å². The highest BCUT2D eigenvalue weighted by Crippen LogP contribution is 2.46. The Morgan fingerprint density at radius 3 is 2.42 bits per heavy atom. The average molecular weight is 385 g/mol. The van der Waals surface area contributed by atoms with Gasteiger partial charge in [-0.1, -0.05) is 23.7 Å². The second kappa shape index (κ2) is 6.03. The van der Waals surface area contributed by atoms with Crippen molar-refractivity contribution in [2.45, 2.75) is 45.6 Å². The van der Waals surface area contributed by atoms with E-state index >= 15 is 0 Å². The van der Waals surface area contributed by atoms with Crippen molar-refractivity contribution >= 4 is 45.3 Å². The summed E-state index contributed by atoms with van der Waals surface area (Å²) in [4.78, 5) is 8.15. The fourth-order valence-electron chi connectivity index (χ4n) is 3.67. The summed E-state index contributed by atoms with van der Waals surface area (Å²) in [6.45, 7) is 5.95. The predicted octanol–water partition coefficient (Wildman–Crippen LogP) is 5.57. The summed E-state index contributed by atoms with van der Waals surface area (Å²) in [7, 11) is 0. The first-order valence-corrected chi connectivity index (χ1v) is 9.94. The van der Waals surface area contributed by atoms with Crippen LogP contribution in [0.3, 0.4) is 0 Å². The molecule has 0 saturated heterocycles. The lowest BCUT2D eigenvalue weighted by Crippen LogP contribution is -2.52. The maximum absolute atomic E-state index is 8.88. The van der Waals surface area contributed by atoms with E-state index < -0.39 is 5.54 Å². The molecule has 1 spiro atoms. The van der Waals surface area contributed by atoms with Gasteiger partial charge >= 0.3 is 0 Å². The molecule has 0 atom stereocenters. The topological polar surface area (TPSA) is 63.3 Å². The van der Waals surface area contributed by atoms with Crippen molar-refractivity contribution in [3.05, 3.63) is 50.9 Å². The van der Waals surface area contributed by atoms with Gasteiger partial charge in [-0.25, -0.2) is 0 Å². The molecule has 0 radical (unpaired) electrons. The van der Waals surface area contributed by atoms with Crippen LogP contribution in [0.25, 0.3) is 0 Å². The molecule has 2 N–H and O–H groups in total. The Hall–Kier alpha value is -1.98. The van der Waals surface area contributed by atoms with Crippen LogP contribution in [0.1, 0.15) is 47.8 Å². The molecule has 1 aromatic carbocycles. The minimum atomic E-state index is -0.517. The van der Waals surface area contributed by atoms with Gasteiger partial charge in [-0.2, -0.15) is 0 Å². The van der Waals surface area contributed by atoms with Crippen molar-refractivity contribution in [3.8, 4) is 0 Å². The van der Waals surface area contributed by atoms with E-state index in [9.17, 15) is 0 Å². The summed E-state index contributed by atoms with van der Waals surface area (Å²) >= 11 is 7.74. The summed E-state index contributed by atoms with van der Waals surface area (Å²) in [6, 6.07) is 7.77. The molecule has 1 aliphatic heterocycles. The van der Waals surface area contributed by atoms with E-state index in [0.717, 1.165) is 41.1 Å². The van der Waals surface area contributed by atoms with Gasteiger partial charge in [0.2, 0.25) is 0 Å². The Kier molecular flexibility index (Phi) is 4.04. The minimum Gasteiger partial charge on any atom is -0.288 e. The van der Waals surface area contributed by atoms with Crippen molar-refractivity contribution in [2.24, 2.45) is 4.99 Å². The maximum Gasteiger partial charge on any atom is 0.135 e. The minimum absolute atomic E-state index is 0.372. The Bertz CT molecular complexity index is 951. The number of thiophene rings is 1. The van der Waals surface area contributed by atoms with Gasteiger partial charge in [0, 0.05) is 21.0 Å². The van der Waals surface area contributed by atoms with Crippen LogP contribution in [-0.4, -0.2) is 22.9 Å². The molecule has 134 valence electrons. The van der Waals surface area contributed by atoms with Crippen LogP contribution >= 0.6 is 22.9 Å². The third-order valence-electron chi connectivity index (χ3n) is 5.43. The SMILES string of the molecule is CC(=N)N1C(=N)C2(CCC2)N=C(c2ccc(Cl)cc2)c2c1sc(C)c2C. The van der Waals surface area contributed by atoms with E-state index in [4.69, 9.17) is 27.4 Å². The number of nitrogens with one attached hydrogen (secondary N) is 2. The Morgan fingerprint density at radius 2 is 1.88 bits per heavy atom. The smallest absolute Gasteiger partial charge is 0.135 e. The first kappa shape index (κ1) is 17.4. The van der Waals surface area contributed by atoms with Gasteiger partial charge in [0.1, 0.15) is 22.2 Å². The lowest BCUT2D eigenvalue weighted by Gasteiger charge is -2.41. The highest BCUT2D eigenvalue weighted by atomic mass is 35.5. The zero-order valence-corrected chi connectivity index (χ0v) is 16.7. The molecular formula is C20H21ClN4S. The molecule has 6 heteroatoms. The first-order valence-electron chi connectivity index (χ1n) is 8.74. The summed E-state index contributed by atoms with van der Waals surface area (Å²) in [6.07, 6.45) is 2.79. The maximum atomic E-state index is 8.88. The molecule has 0 bridgehead atoms. The van der Waals surface area contributed by atoms with E-state index in [-0.39, 0.29) is 0 Å². The Labute approximate surface area is 162 Å². The number of fused-ring (bicyclic) bond motifs is 1. The first-order chi connectivity index (χ1) is 12.3. The summed E-state index contributed by atoms with van der Waals surface area (Å²) in [5.41, 5.74) is 3.65. The number of rotatable bonds is 1. The fraction of sp³-hybridized carbons (Fsp3) is 0.350. The van der Waals surface area contributed by atoms with Crippen molar-refractivity contribution in [1.29, 1.82) is 10.8 Å². The van der Waals surface area contributed by atoms with Crippen LogP contribution in [0.2, 0.25) is 5.02 Å². The second-order valence-corrected chi connectivity index (χ2v) is 8.72. The van der Waals surface area contributed by atoms with Gasteiger partial charge in [-0.15, -0.1) is 11.3 Å². The van der Waals surface area contributed by atoms with E-state index in [1.54, 1.807) is 23.2 Å². The quantitative estimate of drug-likeness (QED) is 0.489. The monoisotopic (exact) mass is 384 g/mol. The van der Waals surface area contributed by atoms with Crippen molar-refractivity contribution < 1.29 is 0 Å². The third-order valence-corrected chi connectivity index (χ3v) is 6.88. The molecule has 1 aromatic heterocycles. The average Bonchev–Trinajstić information content (AvgIpc) is 2.77. The molecule has 4 nitrogen and oxygen atoms in total. The summed E-state index contributed by atoms with van der Waals surface area (Å²) < 4.78 is 0. The zero-order valence-electron chi connectivity index (χ0n) is 15.1. The predicted molar refractivity (Wildman–Crippen MR) is 111 cm³/mol. The van der Waals surface area contributed by atoms with Gasteiger partial charge < -0.3 is 0 Å². The molecule has 1 aliphatic carbocycles. The number of nitrogens with zero attached hydrogens (tertiary/aromatic N) is 2. The molecule has 26 heavy (non-hydrogen) atoms. The van der Waals surface area contributed by atoms with E-state index in [1.165, 1.54) is 10.4 Å².